The first kappa shape index (κ1) is 15.3. The van der Waals surface area contributed by atoms with Crippen LogP contribution in [0, 0.1) is 6.92 Å². The van der Waals surface area contributed by atoms with Crippen molar-refractivity contribution in [3.05, 3.63) is 69.2 Å². The van der Waals surface area contributed by atoms with E-state index < -0.39 is 11.5 Å². The minimum absolute atomic E-state index is 0.0626. The Balaban J connectivity index is 1.80. The van der Waals surface area contributed by atoms with Gasteiger partial charge in [-0.25, -0.2) is 4.52 Å². The maximum atomic E-state index is 12.4. The van der Waals surface area contributed by atoms with E-state index in [4.69, 9.17) is 11.6 Å². The SMILES string of the molecule is Cc1ccc2c(c1)[nH]c(=O)c1nc(C(=O)Nc3cccc(Cl)c3)nn12. The Morgan fingerprint density at radius 2 is 2.08 bits per heavy atom. The Labute approximate surface area is 146 Å². The molecule has 1 amide bonds. The van der Waals surface area contributed by atoms with Gasteiger partial charge in [-0.1, -0.05) is 23.7 Å². The molecule has 2 heterocycles. The minimum Gasteiger partial charge on any atom is -0.319 e. The van der Waals surface area contributed by atoms with Gasteiger partial charge >= 0.3 is 0 Å². The molecule has 0 aliphatic carbocycles. The van der Waals surface area contributed by atoms with E-state index in [1.807, 2.05) is 25.1 Å². The Morgan fingerprint density at radius 3 is 2.88 bits per heavy atom. The number of amides is 1. The highest BCUT2D eigenvalue weighted by Gasteiger charge is 2.17. The molecule has 2 N–H and O–H groups in total. The number of nitrogens with one attached hydrogen (secondary N) is 2. The summed E-state index contributed by atoms with van der Waals surface area (Å²) in [5.41, 5.74) is 2.46. The molecule has 2 aromatic heterocycles. The van der Waals surface area contributed by atoms with E-state index in [2.05, 4.69) is 20.4 Å². The minimum atomic E-state index is -0.523. The summed E-state index contributed by atoms with van der Waals surface area (Å²) in [6.45, 7) is 1.92. The average Bonchev–Trinajstić information content (AvgIpc) is 3.01. The molecule has 4 aromatic rings. The van der Waals surface area contributed by atoms with Crippen LogP contribution in [0.5, 0.6) is 0 Å². The summed E-state index contributed by atoms with van der Waals surface area (Å²) >= 11 is 5.91. The predicted molar refractivity (Wildman–Crippen MR) is 95.3 cm³/mol. The predicted octanol–water partition coefficient (Wildman–Crippen LogP) is 2.78. The lowest BCUT2D eigenvalue weighted by molar-refractivity contribution is 0.101. The second kappa shape index (κ2) is 5.71. The van der Waals surface area contributed by atoms with Gasteiger partial charge in [0, 0.05) is 10.7 Å². The normalized spacial score (nSPS) is 11.1. The summed E-state index contributed by atoms with van der Waals surface area (Å²) < 4.78 is 1.38. The van der Waals surface area contributed by atoms with Crippen LogP contribution in [-0.4, -0.2) is 25.5 Å². The summed E-state index contributed by atoms with van der Waals surface area (Å²) in [6, 6.07) is 12.3. The van der Waals surface area contributed by atoms with Gasteiger partial charge in [0.2, 0.25) is 11.5 Å². The molecule has 8 heteroatoms. The standard InChI is InChI=1S/C17H12ClN5O2/c1-9-5-6-13-12(7-9)20-17(25)15-21-14(22-23(13)15)16(24)19-11-4-2-3-10(18)8-11/h2-8H,1H3,(H,19,24)(H,20,25). The van der Waals surface area contributed by atoms with Crippen LogP contribution in [-0.2, 0) is 0 Å². The summed E-state index contributed by atoms with van der Waals surface area (Å²) in [4.78, 5) is 31.4. The monoisotopic (exact) mass is 353 g/mol. The number of carbonyl (C=O) groups is 1. The number of hydrogen-bond acceptors (Lipinski definition) is 4. The summed E-state index contributed by atoms with van der Waals surface area (Å²) in [5, 5.41) is 7.35. The third-order valence-electron chi connectivity index (χ3n) is 3.72. The first-order valence-corrected chi connectivity index (χ1v) is 7.85. The van der Waals surface area contributed by atoms with Crippen LogP contribution in [0.3, 0.4) is 0 Å². The van der Waals surface area contributed by atoms with Crippen molar-refractivity contribution in [2.75, 3.05) is 5.32 Å². The van der Waals surface area contributed by atoms with Crippen molar-refractivity contribution < 1.29 is 4.79 Å². The van der Waals surface area contributed by atoms with Crippen molar-refractivity contribution in [2.45, 2.75) is 6.92 Å². The number of H-pyrrole nitrogens is 1. The van der Waals surface area contributed by atoms with E-state index >= 15 is 0 Å². The number of carbonyl (C=O) groups excluding carboxylic acids is 1. The van der Waals surface area contributed by atoms with Crippen LogP contribution >= 0.6 is 11.6 Å². The Bertz CT molecular complexity index is 1190. The number of anilines is 1. The zero-order valence-electron chi connectivity index (χ0n) is 13.1. The average molecular weight is 354 g/mol. The van der Waals surface area contributed by atoms with Crippen LogP contribution in [0.1, 0.15) is 16.2 Å². The largest absolute Gasteiger partial charge is 0.319 e. The molecule has 7 nitrogen and oxygen atoms in total. The fourth-order valence-electron chi connectivity index (χ4n) is 2.59. The fraction of sp³-hybridized carbons (Fsp3) is 0.0588. The molecular weight excluding hydrogens is 342 g/mol. The molecule has 0 saturated heterocycles. The number of benzene rings is 2. The molecule has 2 aromatic carbocycles. The number of nitrogens with zero attached hydrogens (tertiary/aromatic N) is 3. The topological polar surface area (TPSA) is 92.1 Å². The van der Waals surface area contributed by atoms with Crippen molar-refractivity contribution in [2.24, 2.45) is 0 Å². The molecule has 0 fully saturated rings. The van der Waals surface area contributed by atoms with E-state index in [1.165, 1.54) is 4.52 Å². The first-order valence-electron chi connectivity index (χ1n) is 7.47. The van der Waals surface area contributed by atoms with Crippen molar-refractivity contribution in [1.82, 2.24) is 19.6 Å². The number of halogens is 1. The lowest BCUT2D eigenvalue weighted by Gasteiger charge is -2.02. The molecule has 0 spiro atoms. The summed E-state index contributed by atoms with van der Waals surface area (Å²) in [5.74, 6) is -0.621. The van der Waals surface area contributed by atoms with Gasteiger partial charge in [0.25, 0.3) is 11.5 Å². The highest BCUT2D eigenvalue weighted by molar-refractivity contribution is 6.30. The number of aromatic amines is 1. The highest BCUT2D eigenvalue weighted by Crippen LogP contribution is 2.16. The third-order valence-corrected chi connectivity index (χ3v) is 3.96. The van der Waals surface area contributed by atoms with E-state index in [-0.39, 0.29) is 11.5 Å². The van der Waals surface area contributed by atoms with E-state index in [1.54, 1.807) is 24.3 Å². The van der Waals surface area contributed by atoms with Crippen LogP contribution in [0.2, 0.25) is 5.02 Å². The molecule has 4 rings (SSSR count). The molecule has 0 saturated carbocycles. The van der Waals surface area contributed by atoms with Gasteiger partial charge in [0.15, 0.2) is 0 Å². The first-order chi connectivity index (χ1) is 12.0. The van der Waals surface area contributed by atoms with Gasteiger partial charge in [-0.05, 0) is 42.8 Å². The number of rotatable bonds is 2. The smallest absolute Gasteiger partial charge is 0.295 e. The van der Waals surface area contributed by atoms with Gasteiger partial charge < -0.3 is 10.3 Å². The third kappa shape index (κ3) is 2.74. The lowest BCUT2D eigenvalue weighted by atomic mass is 10.2. The molecule has 0 aliphatic rings. The van der Waals surface area contributed by atoms with Gasteiger partial charge in [-0.2, -0.15) is 4.98 Å². The van der Waals surface area contributed by atoms with Gasteiger partial charge in [0.05, 0.1) is 11.0 Å². The van der Waals surface area contributed by atoms with Crippen LogP contribution < -0.4 is 10.9 Å². The lowest BCUT2D eigenvalue weighted by Crippen LogP contribution is -2.14. The number of hydrogen-bond donors (Lipinski definition) is 2. The Hall–Kier alpha value is -3.19. The maximum Gasteiger partial charge on any atom is 0.295 e. The van der Waals surface area contributed by atoms with E-state index in [0.717, 1.165) is 5.56 Å². The fourth-order valence-corrected chi connectivity index (χ4v) is 2.78. The molecule has 25 heavy (non-hydrogen) atoms. The zero-order valence-corrected chi connectivity index (χ0v) is 13.8. The van der Waals surface area contributed by atoms with Crippen LogP contribution in [0.15, 0.2) is 47.3 Å². The number of aromatic nitrogens is 4. The second-order valence-electron chi connectivity index (χ2n) is 5.61. The van der Waals surface area contributed by atoms with Crippen LogP contribution in [0.4, 0.5) is 5.69 Å². The Kier molecular flexibility index (Phi) is 3.51. The number of fused-ring (bicyclic) bond motifs is 3. The van der Waals surface area contributed by atoms with Crippen molar-refractivity contribution >= 4 is 39.9 Å². The molecule has 0 atom stereocenters. The Morgan fingerprint density at radius 1 is 1.24 bits per heavy atom. The summed E-state index contributed by atoms with van der Waals surface area (Å²) in [7, 11) is 0. The van der Waals surface area contributed by atoms with Gasteiger partial charge in [-0.3, -0.25) is 9.59 Å². The highest BCUT2D eigenvalue weighted by atomic mass is 35.5. The summed E-state index contributed by atoms with van der Waals surface area (Å²) in [6.07, 6.45) is 0. The van der Waals surface area contributed by atoms with Crippen molar-refractivity contribution in [3.63, 3.8) is 0 Å². The maximum absolute atomic E-state index is 12.4. The molecule has 0 aliphatic heterocycles. The van der Waals surface area contributed by atoms with Crippen LogP contribution in [0.25, 0.3) is 16.7 Å². The molecule has 0 bridgehead atoms. The van der Waals surface area contributed by atoms with Crippen molar-refractivity contribution in [1.29, 1.82) is 0 Å². The molecule has 0 radical (unpaired) electrons. The zero-order chi connectivity index (χ0) is 17.6. The quantitative estimate of drug-likeness (QED) is 0.579. The van der Waals surface area contributed by atoms with Gasteiger partial charge in [0.1, 0.15) is 0 Å². The molecule has 0 unspecified atom stereocenters. The van der Waals surface area contributed by atoms with Crippen molar-refractivity contribution in [3.8, 4) is 0 Å². The van der Waals surface area contributed by atoms with E-state index in [9.17, 15) is 9.59 Å². The van der Waals surface area contributed by atoms with E-state index in [0.29, 0.717) is 21.7 Å². The molecular formula is C17H12ClN5O2. The molecule has 124 valence electrons. The number of aryl methyl sites for hydroxylation is 1. The second-order valence-corrected chi connectivity index (χ2v) is 6.05. The van der Waals surface area contributed by atoms with Gasteiger partial charge in [-0.15, -0.1) is 5.10 Å².